The van der Waals surface area contributed by atoms with E-state index < -0.39 is 17.8 Å². The van der Waals surface area contributed by atoms with Crippen LogP contribution in [0.2, 0.25) is 0 Å². The molecule has 10 heteroatoms. The van der Waals surface area contributed by atoms with Gasteiger partial charge in [0.15, 0.2) is 0 Å². The molecule has 0 aliphatic heterocycles. The molecule has 0 heterocycles. The third-order valence-electron chi connectivity index (χ3n) is 4.43. The summed E-state index contributed by atoms with van der Waals surface area (Å²) < 4.78 is 36.6. The van der Waals surface area contributed by atoms with E-state index in [4.69, 9.17) is 19.3 Å². The maximum atomic E-state index is 13.1. The van der Waals surface area contributed by atoms with Crippen LogP contribution in [0.4, 0.5) is 4.39 Å². The molecular formula is C26H27FO9. The van der Waals surface area contributed by atoms with Gasteiger partial charge in [-0.25, -0.2) is 18.8 Å². The van der Waals surface area contributed by atoms with Crippen LogP contribution in [-0.4, -0.2) is 58.6 Å². The fourth-order valence-electron chi connectivity index (χ4n) is 2.48. The summed E-state index contributed by atoms with van der Waals surface area (Å²) in [6, 6.07) is 16.9. The fourth-order valence-corrected chi connectivity index (χ4v) is 2.48. The van der Waals surface area contributed by atoms with E-state index in [0.29, 0.717) is 17.1 Å². The van der Waals surface area contributed by atoms with Gasteiger partial charge < -0.3 is 28.8 Å². The Morgan fingerprint density at radius 2 is 1.03 bits per heavy atom. The number of carboxylic acid groups (broad SMARTS) is 1. The number of carboxylic acids is 1. The standard InChI is InChI=1S/C9H9FO3.C9H10O3.C8H8O3/c1-12-6-3-4-7(8(10)5-6)9(11)13-2;1-11-8-5-3-7(4-6-8)9(10)12-2;1-11-7-4-2-6(3-5-7)8(9)10/h3-5H,1-2H3;3-6H,1-2H3;2-5H,1H3,(H,9,10). The van der Waals surface area contributed by atoms with Gasteiger partial charge in [0.1, 0.15) is 23.1 Å². The van der Waals surface area contributed by atoms with E-state index in [-0.39, 0.29) is 17.1 Å². The number of hydrogen-bond acceptors (Lipinski definition) is 8. The van der Waals surface area contributed by atoms with Crippen molar-refractivity contribution in [3.8, 4) is 17.2 Å². The van der Waals surface area contributed by atoms with Crippen molar-refractivity contribution >= 4 is 17.9 Å². The van der Waals surface area contributed by atoms with Crippen LogP contribution in [0.5, 0.6) is 17.2 Å². The summed E-state index contributed by atoms with van der Waals surface area (Å²) in [5, 5.41) is 8.51. The van der Waals surface area contributed by atoms with Gasteiger partial charge >= 0.3 is 17.9 Å². The Bertz CT molecular complexity index is 1130. The molecule has 3 aromatic carbocycles. The molecule has 0 unspecified atom stereocenters. The number of methoxy groups -OCH3 is 5. The van der Waals surface area contributed by atoms with Crippen molar-refractivity contribution in [3.63, 3.8) is 0 Å². The number of carbonyl (C=O) groups excluding carboxylic acids is 2. The summed E-state index contributed by atoms with van der Waals surface area (Å²) in [7, 11) is 7.09. The molecular weight excluding hydrogens is 475 g/mol. The largest absolute Gasteiger partial charge is 0.497 e. The number of carbonyl (C=O) groups is 3. The summed E-state index contributed by atoms with van der Waals surface area (Å²) in [5.41, 5.74) is 0.701. The quantitative estimate of drug-likeness (QED) is 0.486. The molecule has 0 aliphatic carbocycles. The summed E-state index contributed by atoms with van der Waals surface area (Å²) in [5.74, 6) is -0.848. The predicted octanol–water partition coefficient (Wildman–Crippen LogP) is 4.50. The highest BCUT2D eigenvalue weighted by Gasteiger charge is 2.12. The molecule has 0 aromatic heterocycles. The number of benzene rings is 3. The van der Waals surface area contributed by atoms with Crippen LogP contribution >= 0.6 is 0 Å². The van der Waals surface area contributed by atoms with Gasteiger partial charge in [0.2, 0.25) is 0 Å². The monoisotopic (exact) mass is 502 g/mol. The average Bonchev–Trinajstić information content (AvgIpc) is 2.92. The lowest BCUT2D eigenvalue weighted by Gasteiger charge is -2.03. The lowest BCUT2D eigenvalue weighted by molar-refractivity contribution is 0.0588. The third-order valence-corrected chi connectivity index (χ3v) is 4.43. The topological polar surface area (TPSA) is 118 Å². The molecule has 0 saturated heterocycles. The molecule has 36 heavy (non-hydrogen) atoms. The third kappa shape index (κ3) is 9.34. The summed E-state index contributed by atoms with van der Waals surface area (Å²) in [4.78, 5) is 32.2. The molecule has 3 rings (SSSR count). The van der Waals surface area contributed by atoms with Crippen molar-refractivity contribution in [2.45, 2.75) is 0 Å². The highest BCUT2D eigenvalue weighted by Crippen LogP contribution is 2.16. The number of esters is 2. The Hall–Kier alpha value is -4.60. The van der Waals surface area contributed by atoms with E-state index in [0.717, 1.165) is 11.8 Å². The minimum absolute atomic E-state index is 0.0942. The first-order valence-electron chi connectivity index (χ1n) is 10.2. The zero-order valence-corrected chi connectivity index (χ0v) is 20.4. The lowest BCUT2D eigenvalue weighted by Crippen LogP contribution is -2.04. The van der Waals surface area contributed by atoms with Gasteiger partial charge in [-0.3, -0.25) is 0 Å². The fraction of sp³-hybridized carbons (Fsp3) is 0.192. The van der Waals surface area contributed by atoms with E-state index in [1.165, 1.54) is 52.7 Å². The van der Waals surface area contributed by atoms with Gasteiger partial charge in [-0.15, -0.1) is 0 Å². The highest BCUT2D eigenvalue weighted by molar-refractivity contribution is 5.90. The molecule has 0 atom stereocenters. The smallest absolute Gasteiger partial charge is 0.340 e. The van der Waals surface area contributed by atoms with Crippen molar-refractivity contribution in [1.29, 1.82) is 0 Å². The van der Waals surface area contributed by atoms with Crippen molar-refractivity contribution in [1.82, 2.24) is 0 Å². The second-order valence-corrected chi connectivity index (χ2v) is 6.59. The Morgan fingerprint density at radius 1 is 0.611 bits per heavy atom. The Kier molecular flexibility index (Phi) is 12.5. The van der Waals surface area contributed by atoms with Crippen LogP contribution in [0.25, 0.3) is 0 Å². The molecule has 9 nitrogen and oxygen atoms in total. The minimum atomic E-state index is -0.923. The number of aromatic carboxylic acids is 1. The van der Waals surface area contributed by atoms with Crippen molar-refractivity contribution in [2.75, 3.05) is 35.5 Å². The van der Waals surface area contributed by atoms with E-state index >= 15 is 0 Å². The van der Waals surface area contributed by atoms with Gasteiger partial charge in [-0.1, -0.05) is 0 Å². The molecule has 0 radical (unpaired) electrons. The van der Waals surface area contributed by atoms with E-state index in [2.05, 4.69) is 9.47 Å². The van der Waals surface area contributed by atoms with E-state index in [9.17, 15) is 18.8 Å². The van der Waals surface area contributed by atoms with Crippen molar-refractivity contribution < 1.29 is 47.6 Å². The molecule has 192 valence electrons. The molecule has 0 aliphatic rings. The SMILES string of the molecule is COC(=O)c1ccc(OC)cc1.COC(=O)c1ccc(OC)cc1F.COc1ccc(C(=O)O)cc1. The first kappa shape index (κ1) is 29.4. The maximum absolute atomic E-state index is 13.1. The van der Waals surface area contributed by atoms with Crippen LogP contribution in [0.15, 0.2) is 66.7 Å². The zero-order valence-electron chi connectivity index (χ0n) is 20.4. The van der Waals surface area contributed by atoms with Gasteiger partial charge in [-0.2, -0.15) is 0 Å². The maximum Gasteiger partial charge on any atom is 0.340 e. The first-order chi connectivity index (χ1) is 17.2. The first-order valence-corrected chi connectivity index (χ1v) is 10.2. The van der Waals surface area contributed by atoms with Gasteiger partial charge in [-0.05, 0) is 60.7 Å². The van der Waals surface area contributed by atoms with Crippen molar-refractivity contribution in [2.24, 2.45) is 0 Å². The highest BCUT2D eigenvalue weighted by atomic mass is 19.1. The van der Waals surface area contributed by atoms with Crippen LogP contribution < -0.4 is 14.2 Å². The van der Waals surface area contributed by atoms with Crippen LogP contribution in [-0.2, 0) is 9.47 Å². The molecule has 0 fully saturated rings. The van der Waals surface area contributed by atoms with Gasteiger partial charge in [0.05, 0.1) is 52.2 Å². The number of hydrogen-bond donors (Lipinski definition) is 1. The second-order valence-electron chi connectivity index (χ2n) is 6.59. The predicted molar refractivity (Wildman–Crippen MR) is 129 cm³/mol. The Balaban J connectivity index is 0.000000271. The van der Waals surface area contributed by atoms with E-state index in [1.54, 1.807) is 43.5 Å². The van der Waals surface area contributed by atoms with Crippen LogP contribution in [0.3, 0.4) is 0 Å². The van der Waals surface area contributed by atoms with Gasteiger partial charge in [0, 0.05) is 6.07 Å². The lowest BCUT2D eigenvalue weighted by atomic mass is 10.2. The molecule has 0 bridgehead atoms. The Labute approximate surface area is 207 Å². The summed E-state index contributed by atoms with van der Waals surface area (Å²) in [6.45, 7) is 0. The minimum Gasteiger partial charge on any atom is -0.497 e. The molecule has 3 aromatic rings. The number of halogens is 1. The normalized spacial score (nSPS) is 9.28. The van der Waals surface area contributed by atoms with Crippen molar-refractivity contribution in [3.05, 3.63) is 89.2 Å². The Morgan fingerprint density at radius 3 is 1.39 bits per heavy atom. The average molecular weight is 502 g/mol. The molecule has 0 spiro atoms. The van der Waals surface area contributed by atoms with Gasteiger partial charge in [0.25, 0.3) is 0 Å². The number of ether oxygens (including phenoxy) is 5. The van der Waals surface area contributed by atoms with Crippen LogP contribution in [0.1, 0.15) is 31.1 Å². The summed E-state index contributed by atoms with van der Waals surface area (Å²) >= 11 is 0. The summed E-state index contributed by atoms with van der Waals surface area (Å²) in [6.07, 6.45) is 0. The molecule has 0 amide bonds. The molecule has 0 saturated carbocycles. The second kappa shape index (κ2) is 15.3. The zero-order chi connectivity index (χ0) is 27.1. The number of rotatable bonds is 6. The van der Waals surface area contributed by atoms with E-state index in [1.807, 2.05) is 0 Å². The molecule has 1 N–H and O–H groups in total. The van der Waals surface area contributed by atoms with Crippen LogP contribution in [0, 0.1) is 5.82 Å².